The second-order valence-electron chi connectivity index (χ2n) is 8.27. The van der Waals surface area contributed by atoms with Crippen molar-refractivity contribution >= 4 is 21.5 Å². The van der Waals surface area contributed by atoms with Crippen molar-refractivity contribution in [1.82, 2.24) is 0 Å². The number of hydroxylamine groups is 3. The number of hydrogen-bond donors (Lipinski definition) is 0. The van der Waals surface area contributed by atoms with Crippen molar-refractivity contribution in [3.05, 3.63) is 40.6 Å². The summed E-state index contributed by atoms with van der Waals surface area (Å²) < 4.78 is 22.5. The van der Waals surface area contributed by atoms with Crippen LogP contribution < -0.4 is 18.9 Å². The molecule has 0 bridgehead atoms. The van der Waals surface area contributed by atoms with E-state index in [0.717, 1.165) is 46.4 Å². The van der Waals surface area contributed by atoms with Gasteiger partial charge >= 0.3 is 0 Å². The monoisotopic (exact) mass is 409 g/mol. The zero-order valence-electron chi connectivity index (χ0n) is 17.9. The molecule has 3 aromatic rings. The lowest BCUT2D eigenvalue weighted by Crippen LogP contribution is -2.49. The average Bonchev–Trinajstić information content (AvgIpc) is 3.16. The third-order valence-electron chi connectivity index (χ3n) is 6.96. The molecule has 1 fully saturated rings. The van der Waals surface area contributed by atoms with Crippen LogP contribution in [0.2, 0.25) is 0 Å². The first-order valence-corrected chi connectivity index (χ1v) is 10.4. The van der Waals surface area contributed by atoms with Gasteiger partial charge in [0.1, 0.15) is 6.54 Å². The Bertz CT molecular complexity index is 1160. The van der Waals surface area contributed by atoms with Gasteiger partial charge in [0.25, 0.3) is 0 Å². The molecule has 0 spiro atoms. The van der Waals surface area contributed by atoms with Crippen LogP contribution in [-0.2, 0) is 13.0 Å². The SMILES string of the molecule is COc1cc2c3c(c4ccc(OC)c(OC)c4c2cc1OC)C[N@+]1([O-])CCC[C@@H]1C3. The van der Waals surface area contributed by atoms with E-state index in [2.05, 4.69) is 6.07 Å². The topological polar surface area (TPSA) is 60.0 Å². The highest BCUT2D eigenvalue weighted by Crippen LogP contribution is 2.49. The van der Waals surface area contributed by atoms with E-state index < -0.39 is 0 Å². The molecule has 0 N–H and O–H groups in total. The Morgan fingerprint density at radius 2 is 1.53 bits per heavy atom. The molecule has 30 heavy (non-hydrogen) atoms. The minimum Gasteiger partial charge on any atom is -0.632 e. The van der Waals surface area contributed by atoms with Crippen LogP contribution in [0.25, 0.3) is 21.5 Å². The molecule has 0 amide bonds. The van der Waals surface area contributed by atoms with Gasteiger partial charge in [-0.2, -0.15) is 0 Å². The molecule has 2 aliphatic rings. The van der Waals surface area contributed by atoms with Crippen LogP contribution in [0.5, 0.6) is 23.0 Å². The van der Waals surface area contributed by atoms with Gasteiger partial charge in [0.05, 0.1) is 41.0 Å². The number of fused-ring (bicyclic) bond motifs is 7. The van der Waals surface area contributed by atoms with Crippen molar-refractivity contribution in [2.24, 2.45) is 0 Å². The maximum atomic E-state index is 13.6. The predicted octanol–water partition coefficient (Wildman–Crippen LogP) is 4.56. The second-order valence-corrected chi connectivity index (χ2v) is 8.27. The molecule has 0 unspecified atom stereocenters. The number of ether oxygens (including phenoxy) is 4. The van der Waals surface area contributed by atoms with Gasteiger partial charge in [-0.1, -0.05) is 0 Å². The first-order valence-electron chi connectivity index (χ1n) is 10.4. The van der Waals surface area contributed by atoms with Crippen LogP contribution in [-0.4, -0.2) is 45.7 Å². The largest absolute Gasteiger partial charge is 0.632 e. The van der Waals surface area contributed by atoms with E-state index >= 15 is 0 Å². The minimum absolute atomic E-state index is 0.116. The number of methoxy groups -OCH3 is 4. The normalized spacial score (nSPS) is 22.6. The van der Waals surface area contributed by atoms with Gasteiger partial charge in [0.15, 0.2) is 23.0 Å². The molecule has 0 saturated carbocycles. The highest BCUT2D eigenvalue weighted by atomic mass is 16.5. The fourth-order valence-corrected chi connectivity index (χ4v) is 5.51. The molecule has 6 nitrogen and oxygen atoms in total. The highest BCUT2D eigenvalue weighted by molar-refractivity contribution is 6.15. The number of hydrogen-bond acceptors (Lipinski definition) is 5. The maximum absolute atomic E-state index is 13.6. The molecule has 2 heterocycles. The first kappa shape index (κ1) is 19.3. The highest BCUT2D eigenvalue weighted by Gasteiger charge is 2.41. The van der Waals surface area contributed by atoms with Crippen LogP contribution in [0.4, 0.5) is 0 Å². The number of rotatable bonds is 4. The van der Waals surface area contributed by atoms with Crippen molar-refractivity contribution in [2.45, 2.75) is 31.8 Å². The lowest BCUT2D eigenvalue weighted by molar-refractivity contribution is -0.907. The Kier molecular flexibility index (Phi) is 4.45. The van der Waals surface area contributed by atoms with Crippen LogP contribution in [0, 0.1) is 5.21 Å². The van der Waals surface area contributed by atoms with Gasteiger partial charge in [-0.05, 0) is 46.0 Å². The summed E-state index contributed by atoms with van der Waals surface area (Å²) >= 11 is 0. The zero-order chi connectivity index (χ0) is 21.0. The van der Waals surface area contributed by atoms with Gasteiger partial charge in [-0.15, -0.1) is 0 Å². The number of quaternary nitrogens is 1. The van der Waals surface area contributed by atoms with E-state index in [4.69, 9.17) is 18.9 Å². The lowest BCUT2D eigenvalue weighted by atomic mass is 9.84. The van der Waals surface area contributed by atoms with Crippen LogP contribution in [0.15, 0.2) is 24.3 Å². The first-order chi connectivity index (χ1) is 14.5. The molecule has 0 aromatic heterocycles. The summed E-state index contributed by atoms with van der Waals surface area (Å²) in [5.41, 5.74) is 2.38. The van der Waals surface area contributed by atoms with Gasteiger partial charge in [-0.25, -0.2) is 0 Å². The quantitative estimate of drug-likeness (QED) is 0.359. The van der Waals surface area contributed by atoms with Crippen molar-refractivity contribution < 1.29 is 23.6 Å². The molecule has 2 atom stereocenters. The number of nitrogens with zero attached hydrogens (tertiary/aromatic N) is 1. The van der Waals surface area contributed by atoms with Crippen LogP contribution >= 0.6 is 0 Å². The summed E-state index contributed by atoms with van der Waals surface area (Å²) in [6.45, 7) is 1.19. The summed E-state index contributed by atoms with van der Waals surface area (Å²) in [5.74, 6) is 2.70. The average molecular weight is 409 g/mol. The van der Waals surface area contributed by atoms with Crippen molar-refractivity contribution in [1.29, 1.82) is 0 Å². The third-order valence-corrected chi connectivity index (χ3v) is 6.96. The Morgan fingerprint density at radius 1 is 0.833 bits per heavy atom. The van der Waals surface area contributed by atoms with Crippen molar-refractivity contribution in [3.63, 3.8) is 0 Å². The molecule has 6 heteroatoms. The van der Waals surface area contributed by atoms with Gasteiger partial charge in [-0.3, -0.25) is 0 Å². The fraction of sp³-hybridized carbons (Fsp3) is 0.417. The Labute approximate surface area is 176 Å². The van der Waals surface area contributed by atoms with E-state index in [9.17, 15) is 5.21 Å². The summed E-state index contributed by atoms with van der Waals surface area (Å²) in [6.07, 6.45) is 2.77. The Balaban J connectivity index is 1.95. The number of benzene rings is 3. The summed E-state index contributed by atoms with van der Waals surface area (Å²) in [4.78, 5) is 0. The molecule has 2 aliphatic heterocycles. The van der Waals surface area contributed by atoms with E-state index in [0.29, 0.717) is 36.1 Å². The van der Waals surface area contributed by atoms with Gasteiger partial charge in [0.2, 0.25) is 0 Å². The van der Waals surface area contributed by atoms with E-state index in [1.165, 1.54) is 5.56 Å². The van der Waals surface area contributed by atoms with Crippen LogP contribution in [0.1, 0.15) is 24.0 Å². The fourth-order valence-electron chi connectivity index (χ4n) is 5.51. The van der Waals surface area contributed by atoms with E-state index in [-0.39, 0.29) is 10.7 Å². The molecular formula is C24H27NO5. The molecule has 1 saturated heterocycles. The van der Waals surface area contributed by atoms with Gasteiger partial charge in [0, 0.05) is 30.2 Å². The summed E-state index contributed by atoms with van der Waals surface area (Å²) in [7, 11) is 6.59. The summed E-state index contributed by atoms with van der Waals surface area (Å²) in [6, 6.07) is 8.19. The Hall–Kier alpha value is -2.70. The smallest absolute Gasteiger partial charge is 0.169 e. The molecule has 3 aromatic carbocycles. The molecular weight excluding hydrogens is 382 g/mol. The van der Waals surface area contributed by atoms with Gasteiger partial charge < -0.3 is 28.8 Å². The second kappa shape index (κ2) is 6.93. The molecule has 0 radical (unpaired) electrons. The third kappa shape index (κ3) is 2.57. The molecule has 158 valence electrons. The zero-order valence-corrected chi connectivity index (χ0v) is 17.9. The van der Waals surface area contributed by atoms with E-state index in [1.807, 2.05) is 18.2 Å². The van der Waals surface area contributed by atoms with Crippen LogP contribution in [0.3, 0.4) is 0 Å². The molecule has 5 rings (SSSR count). The summed E-state index contributed by atoms with van der Waals surface area (Å²) in [5, 5.41) is 17.7. The minimum atomic E-state index is -0.116. The van der Waals surface area contributed by atoms with E-state index in [1.54, 1.807) is 28.4 Å². The maximum Gasteiger partial charge on any atom is 0.169 e. The predicted molar refractivity (Wildman–Crippen MR) is 117 cm³/mol. The standard InChI is InChI=1S/C24H27NO5/c1-27-20-8-7-15-19-13-25(26)9-5-6-14(25)10-16(19)17-11-21(28-2)22(29-3)12-18(17)23(15)24(20)30-4/h7-8,11-12,14H,5-6,9-10,13H2,1-4H3/t14-,25-/m1/s1. The Morgan fingerprint density at radius 3 is 2.20 bits per heavy atom. The van der Waals surface area contributed by atoms with Crippen molar-refractivity contribution in [2.75, 3.05) is 35.0 Å². The van der Waals surface area contributed by atoms with Crippen molar-refractivity contribution in [3.8, 4) is 23.0 Å². The molecule has 0 aliphatic carbocycles. The lowest BCUT2D eigenvalue weighted by Gasteiger charge is -2.48.